The van der Waals surface area contributed by atoms with Crippen LogP contribution in [-0.4, -0.2) is 19.1 Å². The molecule has 2 rings (SSSR count). The average Bonchev–Trinajstić information content (AvgIpc) is 2.27. The lowest BCUT2D eigenvalue weighted by Crippen LogP contribution is -2.24. The zero-order valence-corrected chi connectivity index (χ0v) is 8.52. The van der Waals surface area contributed by atoms with Crippen LogP contribution in [0.2, 0.25) is 5.02 Å². The number of hydrogen-bond acceptors (Lipinski definition) is 2. The van der Waals surface area contributed by atoms with E-state index in [1.54, 1.807) is 12.1 Å². The van der Waals surface area contributed by atoms with E-state index in [0.29, 0.717) is 29.5 Å². The topological polar surface area (TPSA) is 38.3 Å². The largest absolute Gasteiger partial charge is 0.491 e. The van der Waals surface area contributed by atoms with Crippen molar-refractivity contribution in [2.24, 2.45) is 0 Å². The molecule has 0 atom stereocenters. The Hall–Kier alpha value is -1.22. The molecule has 1 aliphatic heterocycles. The number of ether oxygens (including phenoxy) is 1. The van der Waals surface area contributed by atoms with Crippen molar-refractivity contribution < 1.29 is 9.53 Å². The third-order valence-electron chi connectivity index (χ3n) is 2.14. The number of rotatable bonds is 0. The maximum absolute atomic E-state index is 11.6. The van der Waals surface area contributed by atoms with Crippen LogP contribution >= 0.6 is 11.6 Å². The van der Waals surface area contributed by atoms with E-state index in [4.69, 9.17) is 16.3 Å². The van der Waals surface area contributed by atoms with Gasteiger partial charge in [0.2, 0.25) is 0 Å². The van der Waals surface area contributed by atoms with Gasteiger partial charge in [0.1, 0.15) is 12.4 Å². The third-order valence-corrected chi connectivity index (χ3v) is 2.35. The zero-order chi connectivity index (χ0) is 10.1. The molecule has 0 unspecified atom stereocenters. The molecule has 1 heterocycles. The summed E-state index contributed by atoms with van der Waals surface area (Å²) >= 11 is 5.87. The fourth-order valence-electron chi connectivity index (χ4n) is 1.53. The second-order valence-corrected chi connectivity index (χ2v) is 3.64. The van der Waals surface area contributed by atoms with E-state index >= 15 is 0 Å². The number of amides is 1. The lowest BCUT2D eigenvalue weighted by Gasteiger charge is -2.08. The molecule has 1 aliphatic rings. The summed E-state index contributed by atoms with van der Waals surface area (Å²) in [5, 5.41) is 3.35. The monoisotopic (exact) mass is 211 g/mol. The van der Waals surface area contributed by atoms with Gasteiger partial charge in [-0.05, 0) is 24.6 Å². The second kappa shape index (κ2) is 3.50. The van der Waals surface area contributed by atoms with Gasteiger partial charge in [-0.25, -0.2) is 0 Å². The highest BCUT2D eigenvalue weighted by Crippen LogP contribution is 2.27. The number of halogens is 1. The van der Waals surface area contributed by atoms with Gasteiger partial charge in [-0.1, -0.05) is 11.6 Å². The van der Waals surface area contributed by atoms with Crippen LogP contribution in [0.4, 0.5) is 0 Å². The number of carbonyl (C=O) groups is 1. The van der Waals surface area contributed by atoms with Crippen LogP contribution in [0.1, 0.15) is 15.9 Å². The highest BCUT2D eigenvalue weighted by atomic mass is 35.5. The maximum Gasteiger partial charge on any atom is 0.255 e. The Balaban J connectivity index is 2.58. The van der Waals surface area contributed by atoms with Crippen molar-refractivity contribution in [2.75, 3.05) is 13.2 Å². The Kier molecular flexibility index (Phi) is 2.33. The van der Waals surface area contributed by atoms with Crippen LogP contribution in [0.25, 0.3) is 0 Å². The predicted octanol–water partition coefficient (Wildman–Crippen LogP) is 1.77. The van der Waals surface area contributed by atoms with Gasteiger partial charge in [0.05, 0.1) is 12.1 Å². The van der Waals surface area contributed by atoms with Crippen molar-refractivity contribution in [3.63, 3.8) is 0 Å². The van der Waals surface area contributed by atoms with E-state index in [1.807, 2.05) is 6.92 Å². The quantitative estimate of drug-likeness (QED) is 0.710. The Morgan fingerprint density at radius 2 is 2.29 bits per heavy atom. The third kappa shape index (κ3) is 1.55. The number of nitrogens with one attached hydrogen (secondary N) is 1. The van der Waals surface area contributed by atoms with Gasteiger partial charge < -0.3 is 10.1 Å². The summed E-state index contributed by atoms with van der Waals surface area (Å²) in [5.74, 6) is 0.483. The van der Waals surface area contributed by atoms with Crippen LogP contribution in [0, 0.1) is 6.92 Å². The van der Waals surface area contributed by atoms with Crippen LogP contribution in [-0.2, 0) is 0 Å². The maximum atomic E-state index is 11.6. The number of carbonyl (C=O) groups excluding carboxylic acids is 1. The molecule has 4 heteroatoms. The predicted molar refractivity (Wildman–Crippen MR) is 54.0 cm³/mol. The van der Waals surface area contributed by atoms with Gasteiger partial charge >= 0.3 is 0 Å². The summed E-state index contributed by atoms with van der Waals surface area (Å²) in [5.41, 5.74) is 1.43. The first kappa shape index (κ1) is 9.34. The van der Waals surface area contributed by atoms with Crippen molar-refractivity contribution in [2.45, 2.75) is 6.92 Å². The summed E-state index contributed by atoms with van der Waals surface area (Å²) in [4.78, 5) is 11.6. The van der Waals surface area contributed by atoms with Gasteiger partial charge in [0, 0.05) is 5.02 Å². The molecule has 0 radical (unpaired) electrons. The minimum absolute atomic E-state index is 0.0910. The number of benzene rings is 1. The van der Waals surface area contributed by atoms with E-state index in [9.17, 15) is 4.79 Å². The van der Waals surface area contributed by atoms with Gasteiger partial charge in [-0.15, -0.1) is 0 Å². The first-order chi connectivity index (χ1) is 6.68. The molecule has 1 amide bonds. The van der Waals surface area contributed by atoms with Gasteiger partial charge in [-0.2, -0.15) is 0 Å². The first-order valence-electron chi connectivity index (χ1n) is 4.39. The molecule has 3 nitrogen and oxygen atoms in total. The minimum atomic E-state index is -0.0910. The molecule has 0 fully saturated rings. The Bertz CT molecular complexity index is 390. The van der Waals surface area contributed by atoms with Gasteiger partial charge in [0.25, 0.3) is 5.91 Å². The SMILES string of the molecule is Cc1cc(Cl)cc2c1C(=O)NCCO2. The van der Waals surface area contributed by atoms with Crippen LogP contribution in [0.15, 0.2) is 12.1 Å². The number of hydrogen-bond donors (Lipinski definition) is 1. The standard InChI is InChI=1S/C10H10ClNO2/c1-6-4-7(11)5-8-9(6)10(13)12-2-3-14-8/h4-5H,2-3H2,1H3,(H,12,13). The summed E-state index contributed by atoms with van der Waals surface area (Å²) in [6, 6.07) is 3.43. The van der Waals surface area contributed by atoms with Crippen LogP contribution < -0.4 is 10.1 Å². The van der Waals surface area contributed by atoms with Gasteiger partial charge in [-0.3, -0.25) is 4.79 Å². The van der Waals surface area contributed by atoms with Gasteiger partial charge in [0.15, 0.2) is 0 Å². The molecular formula is C10H10ClNO2. The molecule has 14 heavy (non-hydrogen) atoms. The molecule has 1 aromatic rings. The normalized spacial score (nSPS) is 15.1. The van der Waals surface area contributed by atoms with Crippen LogP contribution in [0.5, 0.6) is 5.75 Å². The molecule has 0 aliphatic carbocycles. The fraction of sp³-hybridized carbons (Fsp3) is 0.300. The molecular weight excluding hydrogens is 202 g/mol. The van der Waals surface area contributed by atoms with E-state index < -0.39 is 0 Å². The van der Waals surface area contributed by atoms with Crippen molar-refractivity contribution >= 4 is 17.5 Å². The molecule has 1 aromatic carbocycles. The lowest BCUT2D eigenvalue weighted by molar-refractivity contribution is 0.0956. The highest BCUT2D eigenvalue weighted by molar-refractivity contribution is 6.31. The second-order valence-electron chi connectivity index (χ2n) is 3.20. The molecule has 0 saturated heterocycles. The molecule has 0 saturated carbocycles. The van der Waals surface area contributed by atoms with E-state index in [-0.39, 0.29) is 5.91 Å². The van der Waals surface area contributed by atoms with Crippen molar-refractivity contribution in [3.8, 4) is 5.75 Å². The smallest absolute Gasteiger partial charge is 0.255 e. The van der Waals surface area contributed by atoms with Crippen molar-refractivity contribution in [3.05, 3.63) is 28.3 Å². The summed E-state index contributed by atoms with van der Waals surface area (Å²) in [6.45, 7) is 2.86. The lowest BCUT2D eigenvalue weighted by atomic mass is 10.1. The van der Waals surface area contributed by atoms with Crippen molar-refractivity contribution in [1.29, 1.82) is 0 Å². The number of fused-ring (bicyclic) bond motifs is 1. The Morgan fingerprint density at radius 3 is 3.07 bits per heavy atom. The fourth-order valence-corrected chi connectivity index (χ4v) is 1.79. The minimum Gasteiger partial charge on any atom is -0.491 e. The molecule has 0 aromatic heterocycles. The zero-order valence-electron chi connectivity index (χ0n) is 7.76. The molecule has 0 spiro atoms. The molecule has 0 bridgehead atoms. The van der Waals surface area contributed by atoms with Crippen molar-refractivity contribution in [1.82, 2.24) is 5.32 Å². The Morgan fingerprint density at radius 1 is 1.50 bits per heavy atom. The van der Waals surface area contributed by atoms with E-state index in [2.05, 4.69) is 5.32 Å². The van der Waals surface area contributed by atoms with E-state index in [1.165, 1.54) is 0 Å². The summed E-state index contributed by atoms with van der Waals surface area (Å²) in [6.07, 6.45) is 0. The summed E-state index contributed by atoms with van der Waals surface area (Å²) < 4.78 is 5.41. The van der Waals surface area contributed by atoms with Crippen LogP contribution in [0.3, 0.4) is 0 Å². The summed E-state index contributed by atoms with van der Waals surface area (Å²) in [7, 11) is 0. The molecule has 1 N–H and O–H groups in total. The van der Waals surface area contributed by atoms with E-state index in [0.717, 1.165) is 5.56 Å². The highest BCUT2D eigenvalue weighted by Gasteiger charge is 2.18. The number of aryl methyl sites for hydroxylation is 1. The molecule has 74 valence electrons. The Labute approximate surface area is 87.0 Å². The average molecular weight is 212 g/mol. The first-order valence-corrected chi connectivity index (χ1v) is 4.77.